The van der Waals surface area contributed by atoms with E-state index in [4.69, 9.17) is 4.74 Å². The third kappa shape index (κ3) is 4.83. The van der Waals surface area contributed by atoms with E-state index >= 15 is 0 Å². The van der Waals surface area contributed by atoms with Crippen LogP contribution in [0.3, 0.4) is 0 Å². The first-order valence-corrected chi connectivity index (χ1v) is 10.3. The monoisotopic (exact) mass is 430 g/mol. The maximum absolute atomic E-state index is 13.9. The van der Waals surface area contributed by atoms with Crippen LogP contribution in [0, 0.1) is 12.7 Å². The molecule has 3 aromatic carbocycles. The van der Waals surface area contributed by atoms with Crippen LogP contribution in [-0.4, -0.2) is 26.8 Å². The molecular formula is C25H23FN4O2. The normalized spacial score (nSPS) is 10.9. The number of amides is 1. The third-order valence-corrected chi connectivity index (χ3v) is 4.67. The second-order valence-corrected chi connectivity index (χ2v) is 7.68. The van der Waals surface area contributed by atoms with E-state index in [-0.39, 0.29) is 23.8 Å². The lowest BCUT2D eigenvalue weighted by Gasteiger charge is -2.10. The molecule has 162 valence electrons. The molecule has 0 saturated carbocycles. The third-order valence-electron chi connectivity index (χ3n) is 4.67. The molecule has 0 bridgehead atoms. The Kier molecular flexibility index (Phi) is 5.98. The number of hydrogen-bond donors (Lipinski definition) is 1. The Hall–Kier alpha value is -4.00. The van der Waals surface area contributed by atoms with Gasteiger partial charge < -0.3 is 10.1 Å². The van der Waals surface area contributed by atoms with Crippen molar-refractivity contribution in [2.24, 2.45) is 0 Å². The number of nitrogens with one attached hydrogen (secondary N) is 1. The first-order chi connectivity index (χ1) is 15.4. The van der Waals surface area contributed by atoms with Crippen molar-refractivity contribution in [3.8, 4) is 23.1 Å². The Bertz CT molecular complexity index is 1250. The molecule has 0 fully saturated rings. The summed E-state index contributed by atoms with van der Waals surface area (Å²) in [4.78, 5) is 17.1. The number of aryl methyl sites for hydroxylation is 1. The molecule has 6 nitrogen and oxygen atoms in total. The minimum absolute atomic E-state index is 0.119. The highest BCUT2D eigenvalue weighted by atomic mass is 19.1. The Morgan fingerprint density at radius 2 is 1.78 bits per heavy atom. The van der Waals surface area contributed by atoms with Gasteiger partial charge in [-0.2, -0.15) is 4.98 Å². The predicted octanol–water partition coefficient (Wildman–Crippen LogP) is 5.42. The Balaban J connectivity index is 1.69. The maximum atomic E-state index is 13.9. The van der Waals surface area contributed by atoms with Crippen molar-refractivity contribution in [1.29, 1.82) is 0 Å². The van der Waals surface area contributed by atoms with Crippen LogP contribution in [-0.2, 0) is 0 Å². The van der Waals surface area contributed by atoms with Crippen LogP contribution in [0.25, 0.3) is 17.1 Å². The summed E-state index contributed by atoms with van der Waals surface area (Å²) in [7, 11) is 0. The maximum Gasteiger partial charge on any atom is 0.336 e. The first kappa shape index (κ1) is 21.2. The summed E-state index contributed by atoms with van der Waals surface area (Å²) in [6.45, 7) is 5.73. The minimum atomic E-state index is -0.373. The molecule has 0 aliphatic heterocycles. The van der Waals surface area contributed by atoms with E-state index in [2.05, 4.69) is 15.4 Å². The van der Waals surface area contributed by atoms with Crippen molar-refractivity contribution < 1.29 is 13.9 Å². The number of benzene rings is 3. The molecule has 4 rings (SSSR count). The molecule has 0 radical (unpaired) electrons. The summed E-state index contributed by atoms with van der Waals surface area (Å²) in [5.74, 6) is -0.153. The van der Waals surface area contributed by atoms with Crippen LogP contribution in [0.1, 0.15) is 29.8 Å². The lowest BCUT2D eigenvalue weighted by molar-refractivity contribution is 0.102. The Labute approximate surface area is 185 Å². The van der Waals surface area contributed by atoms with Crippen LogP contribution in [0.4, 0.5) is 10.1 Å². The summed E-state index contributed by atoms with van der Waals surface area (Å²) < 4.78 is 21.1. The SMILES string of the molecule is Cc1ccc(C(=O)Nc2cccc(-n3nc(OC(C)C)nc3-c3cccc(F)c3)c2)cc1. The van der Waals surface area contributed by atoms with Gasteiger partial charge in [-0.15, -0.1) is 5.10 Å². The number of hydrogen-bond acceptors (Lipinski definition) is 4. The van der Waals surface area contributed by atoms with Crippen LogP contribution >= 0.6 is 0 Å². The lowest BCUT2D eigenvalue weighted by atomic mass is 10.1. The van der Waals surface area contributed by atoms with Gasteiger partial charge in [-0.1, -0.05) is 35.9 Å². The first-order valence-electron chi connectivity index (χ1n) is 10.3. The van der Waals surface area contributed by atoms with Crippen molar-refractivity contribution in [2.75, 3.05) is 5.32 Å². The van der Waals surface area contributed by atoms with Gasteiger partial charge in [0.15, 0.2) is 5.82 Å². The van der Waals surface area contributed by atoms with E-state index in [1.54, 1.807) is 47.1 Å². The van der Waals surface area contributed by atoms with E-state index < -0.39 is 0 Å². The average molecular weight is 430 g/mol. The van der Waals surface area contributed by atoms with Gasteiger partial charge in [-0.05, 0) is 63.2 Å². The van der Waals surface area contributed by atoms with Crippen molar-refractivity contribution in [3.63, 3.8) is 0 Å². The molecule has 1 heterocycles. The zero-order valence-electron chi connectivity index (χ0n) is 18.0. The summed E-state index contributed by atoms with van der Waals surface area (Å²) in [5, 5.41) is 7.37. The molecule has 0 atom stereocenters. The molecule has 0 aliphatic carbocycles. The fraction of sp³-hybridized carbons (Fsp3) is 0.160. The van der Waals surface area contributed by atoms with Gasteiger partial charge in [0.25, 0.3) is 5.91 Å². The second kappa shape index (κ2) is 9.01. The van der Waals surface area contributed by atoms with Crippen molar-refractivity contribution in [1.82, 2.24) is 14.8 Å². The number of rotatable bonds is 6. The number of carbonyl (C=O) groups excluding carboxylic acids is 1. The standard InChI is InChI=1S/C25H23FN4O2/c1-16(2)32-25-28-23(19-6-4-7-20(26)14-19)30(29-25)22-9-5-8-21(15-22)27-24(31)18-12-10-17(3)11-13-18/h4-16H,1-3H3,(H,27,31). The number of ether oxygens (including phenoxy) is 1. The van der Waals surface area contributed by atoms with Crippen LogP contribution in [0.5, 0.6) is 6.01 Å². The molecule has 1 N–H and O–H groups in total. The fourth-order valence-corrected chi connectivity index (χ4v) is 3.17. The predicted molar refractivity (Wildman–Crippen MR) is 122 cm³/mol. The number of halogens is 1. The Morgan fingerprint density at radius 3 is 2.50 bits per heavy atom. The van der Waals surface area contributed by atoms with E-state index in [0.29, 0.717) is 28.3 Å². The van der Waals surface area contributed by atoms with Crippen molar-refractivity contribution in [2.45, 2.75) is 26.9 Å². The van der Waals surface area contributed by atoms with Crippen molar-refractivity contribution >= 4 is 11.6 Å². The lowest BCUT2D eigenvalue weighted by Crippen LogP contribution is -2.12. The summed E-state index contributed by atoms with van der Waals surface area (Å²) in [5.41, 5.74) is 3.45. The molecule has 32 heavy (non-hydrogen) atoms. The van der Waals surface area contributed by atoms with E-state index in [0.717, 1.165) is 5.56 Å². The molecule has 4 aromatic rings. The minimum Gasteiger partial charge on any atom is -0.460 e. The van der Waals surface area contributed by atoms with E-state index in [1.807, 2.05) is 39.0 Å². The molecule has 0 unspecified atom stereocenters. The number of carbonyl (C=O) groups is 1. The second-order valence-electron chi connectivity index (χ2n) is 7.68. The van der Waals surface area contributed by atoms with Gasteiger partial charge in [-0.3, -0.25) is 4.79 Å². The number of nitrogens with zero attached hydrogens (tertiary/aromatic N) is 3. The zero-order chi connectivity index (χ0) is 22.7. The molecule has 0 saturated heterocycles. The van der Waals surface area contributed by atoms with Gasteiger partial charge in [0.1, 0.15) is 5.82 Å². The smallest absolute Gasteiger partial charge is 0.336 e. The largest absolute Gasteiger partial charge is 0.460 e. The molecule has 1 amide bonds. The Morgan fingerprint density at radius 1 is 1.03 bits per heavy atom. The van der Waals surface area contributed by atoms with Crippen molar-refractivity contribution in [3.05, 3.63) is 89.7 Å². The van der Waals surface area contributed by atoms with E-state index in [9.17, 15) is 9.18 Å². The highest BCUT2D eigenvalue weighted by Crippen LogP contribution is 2.26. The summed E-state index contributed by atoms with van der Waals surface area (Å²) in [6, 6.07) is 20.9. The van der Waals surface area contributed by atoms with Gasteiger partial charge in [-0.25, -0.2) is 9.07 Å². The topological polar surface area (TPSA) is 69.0 Å². The van der Waals surface area contributed by atoms with Gasteiger partial charge in [0.05, 0.1) is 11.8 Å². The number of aromatic nitrogens is 3. The number of anilines is 1. The molecular weight excluding hydrogens is 407 g/mol. The van der Waals surface area contributed by atoms with Gasteiger partial charge in [0, 0.05) is 16.8 Å². The molecule has 7 heteroatoms. The molecule has 0 aliphatic rings. The highest BCUT2D eigenvalue weighted by molar-refractivity contribution is 6.04. The zero-order valence-corrected chi connectivity index (χ0v) is 18.0. The highest BCUT2D eigenvalue weighted by Gasteiger charge is 2.17. The van der Waals surface area contributed by atoms with Crippen LogP contribution in [0.2, 0.25) is 0 Å². The fourth-order valence-electron chi connectivity index (χ4n) is 3.17. The van der Waals surface area contributed by atoms with Crippen LogP contribution < -0.4 is 10.1 Å². The van der Waals surface area contributed by atoms with Crippen LogP contribution in [0.15, 0.2) is 72.8 Å². The molecule has 1 aromatic heterocycles. The average Bonchev–Trinajstić information content (AvgIpc) is 3.17. The van der Waals surface area contributed by atoms with Gasteiger partial charge >= 0.3 is 6.01 Å². The van der Waals surface area contributed by atoms with E-state index in [1.165, 1.54) is 12.1 Å². The quantitative estimate of drug-likeness (QED) is 0.443. The summed E-state index contributed by atoms with van der Waals surface area (Å²) in [6.07, 6.45) is -0.119. The van der Waals surface area contributed by atoms with Gasteiger partial charge in [0.2, 0.25) is 0 Å². The molecule has 0 spiro atoms. The summed E-state index contributed by atoms with van der Waals surface area (Å²) >= 11 is 0.